The van der Waals surface area contributed by atoms with Gasteiger partial charge in [-0.25, -0.2) is 0 Å². The molecule has 0 N–H and O–H groups in total. The minimum atomic E-state index is -0.408. The maximum absolute atomic E-state index is 10.8. The number of rotatable bonds is 2. The van der Waals surface area contributed by atoms with Crippen molar-refractivity contribution in [2.75, 3.05) is 13.2 Å². The van der Waals surface area contributed by atoms with Crippen LogP contribution in [0.25, 0.3) is 0 Å². The van der Waals surface area contributed by atoms with Crippen molar-refractivity contribution < 1.29 is 9.53 Å². The quantitative estimate of drug-likeness (QED) is 0.597. The van der Waals surface area contributed by atoms with Crippen LogP contribution in [0, 0.1) is 0 Å². The molecule has 0 aliphatic carbocycles. The summed E-state index contributed by atoms with van der Waals surface area (Å²) >= 11 is 0. The van der Waals surface area contributed by atoms with E-state index in [1.54, 1.807) is 12.4 Å². The Labute approximate surface area is 70.4 Å². The standard InChI is InChI=1S/C9H9NO2/c11-5-9(6-12-7-9)8-2-1-3-10-4-8/h1-5H,6-7H2. The third-order valence-electron chi connectivity index (χ3n) is 2.18. The molecule has 0 spiro atoms. The average molecular weight is 163 g/mol. The first-order valence-corrected chi connectivity index (χ1v) is 3.82. The summed E-state index contributed by atoms with van der Waals surface area (Å²) in [6, 6.07) is 3.74. The topological polar surface area (TPSA) is 39.2 Å². The van der Waals surface area contributed by atoms with Gasteiger partial charge in [-0.05, 0) is 11.6 Å². The number of carbonyl (C=O) groups is 1. The molecule has 1 saturated heterocycles. The zero-order valence-corrected chi connectivity index (χ0v) is 6.56. The summed E-state index contributed by atoms with van der Waals surface area (Å²) in [5.41, 5.74) is 0.542. The second-order valence-electron chi connectivity index (χ2n) is 3.01. The van der Waals surface area contributed by atoms with Crippen molar-refractivity contribution in [1.82, 2.24) is 4.98 Å². The van der Waals surface area contributed by atoms with Crippen molar-refractivity contribution in [3.63, 3.8) is 0 Å². The van der Waals surface area contributed by atoms with Crippen LogP contribution in [0.5, 0.6) is 0 Å². The second kappa shape index (κ2) is 2.68. The van der Waals surface area contributed by atoms with Crippen molar-refractivity contribution in [3.8, 4) is 0 Å². The lowest BCUT2D eigenvalue weighted by atomic mass is 9.81. The molecule has 0 unspecified atom stereocenters. The lowest BCUT2D eigenvalue weighted by molar-refractivity contribution is -0.129. The van der Waals surface area contributed by atoms with E-state index in [4.69, 9.17) is 4.74 Å². The predicted molar refractivity (Wildman–Crippen MR) is 42.8 cm³/mol. The number of aromatic nitrogens is 1. The Morgan fingerprint density at radius 1 is 1.58 bits per heavy atom. The molecule has 2 rings (SSSR count). The molecule has 1 fully saturated rings. The van der Waals surface area contributed by atoms with Gasteiger partial charge >= 0.3 is 0 Å². The van der Waals surface area contributed by atoms with Crippen LogP contribution in [0.2, 0.25) is 0 Å². The van der Waals surface area contributed by atoms with Gasteiger partial charge in [-0.15, -0.1) is 0 Å². The molecule has 0 amide bonds. The highest BCUT2D eigenvalue weighted by atomic mass is 16.5. The van der Waals surface area contributed by atoms with E-state index in [1.165, 1.54) is 0 Å². The van der Waals surface area contributed by atoms with Crippen LogP contribution < -0.4 is 0 Å². The molecule has 1 aliphatic heterocycles. The molecule has 1 aliphatic rings. The highest BCUT2D eigenvalue weighted by Gasteiger charge is 2.40. The Balaban J connectivity index is 2.34. The summed E-state index contributed by atoms with van der Waals surface area (Å²) in [5, 5.41) is 0. The van der Waals surface area contributed by atoms with Gasteiger partial charge in [0.2, 0.25) is 0 Å². The van der Waals surface area contributed by atoms with Gasteiger partial charge in [-0.3, -0.25) is 4.98 Å². The minimum Gasteiger partial charge on any atom is -0.378 e. The zero-order valence-electron chi connectivity index (χ0n) is 6.56. The molecule has 0 radical (unpaired) electrons. The van der Waals surface area contributed by atoms with Crippen LogP contribution in [0.1, 0.15) is 5.56 Å². The number of aldehydes is 1. The Bertz CT molecular complexity index is 280. The molecule has 1 aromatic rings. The van der Waals surface area contributed by atoms with Crippen molar-refractivity contribution in [3.05, 3.63) is 30.1 Å². The first-order chi connectivity index (χ1) is 5.87. The van der Waals surface area contributed by atoms with Crippen LogP contribution in [-0.2, 0) is 14.9 Å². The van der Waals surface area contributed by atoms with Gasteiger partial charge in [0, 0.05) is 12.4 Å². The summed E-state index contributed by atoms with van der Waals surface area (Å²) in [7, 11) is 0. The summed E-state index contributed by atoms with van der Waals surface area (Å²) in [6.45, 7) is 0.977. The van der Waals surface area contributed by atoms with Gasteiger partial charge in [-0.2, -0.15) is 0 Å². The molecule has 1 aromatic heterocycles. The highest BCUT2D eigenvalue weighted by molar-refractivity contribution is 5.70. The van der Waals surface area contributed by atoms with Crippen molar-refractivity contribution in [2.24, 2.45) is 0 Å². The smallest absolute Gasteiger partial charge is 0.135 e. The molecule has 62 valence electrons. The third kappa shape index (κ3) is 0.940. The van der Waals surface area contributed by atoms with Gasteiger partial charge in [0.25, 0.3) is 0 Å². The molecule has 2 heterocycles. The molecule has 0 atom stereocenters. The normalized spacial score (nSPS) is 19.7. The first-order valence-electron chi connectivity index (χ1n) is 3.82. The number of carbonyl (C=O) groups excluding carboxylic acids is 1. The largest absolute Gasteiger partial charge is 0.378 e. The Morgan fingerprint density at radius 2 is 2.42 bits per heavy atom. The Morgan fingerprint density at radius 3 is 2.83 bits per heavy atom. The van der Waals surface area contributed by atoms with Crippen LogP contribution in [0.15, 0.2) is 24.5 Å². The molecular formula is C9H9NO2. The SMILES string of the molecule is O=CC1(c2cccnc2)COC1. The third-order valence-corrected chi connectivity index (χ3v) is 2.18. The van der Waals surface area contributed by atoms with Crippen molar-refractivity contribution in [1.29, 1.82) is 0 Å². The van der Waals surface area contributed by atoms with E-state index in [0.717, 1.165) is 11.8 Å². The summed E-state index contributed by atoms with van der Waals surface area (Å²) in [4.78, 5) is 14.8. The number of hydrogen-bond donors (Lipinski definition) is 0. The fraction of sp³-hybridized carbons (Fsp3) is 0.333. The van der Waals surface area contributed by atoms with E-state index >= 15 is 0 Å². The lowest BCUT2D eigenvalue weighted by Gasteiger charge is -2.36. The highest BCUT2D eigenvalue weighted by Crippen LogP contribution is 2.29. The van der Waals surface area contributed by atoms with Gasteiger partial charge in [0.1, 0.15) is 6.29 Å². The average Bonchev–Trinajstić information content (AvgIpc) is 2.05. The second-order valence-corrected chi connectivity index (χ2v) is 3.01. The minimum absolute atomic E-state index is 0.408. The van der Waals surface area contributed by atoms with E-state index in [9.17, 15) is 4.79 Å². The van der Waals surface area contributed by atoms with E-state index in [1.807, 2.05) is 12.1 Å². The maximum atomic E-state index is 10.8. The lowest BCUT2D eigenvalue weighted by Crippen LogP contribution is -2.48. The molecule has 12 heavy (non-hydrogen) atoms. The molecule has 0 aromatic carbocycles. The van der Waals surface area contributed by atoms with Gasteiger partial charge in [0.05, 0.1) is 18.6 Å². The summed E-state index contributed by atoms with van der Waals surface area (Å²) in [5.74, 6) is 0. The Hall–Kier alpha value is -1.22. The number of nitrogens with zero attached hydrogens (tertiary/aromatic N) is 1. The van der Waals surface area contributed by atoms with Crippen LogP contribution >= 0.6 is 0 Å². The fourth-order valence-electron chi connectivity index (χ4n) is 1.28. The monoisotopic (exact) mass is 163 g/mol. The molecule has 3 nitrogen and oxygen atoms in total. The van der Waals surface area contributed by atoms with E-state index in [0.29, 0.717) is 13.2 Å². The molecule has 0 saturated carbocycles. The van der Waals surface area contributed by atoms with Gasteiger partial charge in [0.15, 0.2) is 0 Å². The maximum Gasteiger partial charge on any atom is 0.135 e. The fourth-order valence-corrected chi connectivity index (χ4v) is 1.28. The first kappa shape index (κ1) is 7.43. The predicted octanol–water partition coefficient (Wildman–Crippen LogP) is 0.548. The number of ether oxygens (including phenoxy) is 1. The van der Waals surface area contributed by atoms with Crippen LogP contribution in [0.4, 0.5) is 0 Å². The van der Waals surface area contributed by atoms with Gasteiger partial charge in [-0.1, -0.05) is 6.07 Å². The molecule has 3 heteroatoms. The Kier molecular flexibility index (Phi) is 1.66. The van der Waals surface area contributed by atoms with Crippen LogP contribution in [-0.4, -0.2) is 24.5 Å². The van der Waals surface area contributed by atoms with Crippen molar-refractivity contribution >= 4 is 6.29 Å². The number of hydrogen-bond acceptors (Lipinski definition) is 3. The van der Waals surface area contributed by atoms with Crippen LogP contribution in [0.3, 0.4) is 0 Å². The van der Waals surface area contributed by atoms with Crippen molar-refractivity contribution in [2.45, 2.75) is 5.41 Å². The van der Waals surface area contributed by atoms with E-state index < -0.39 is 5.41 Å². The zero-order chi connectivity index (χ0) is 8.44. The van der Waals surface area contributed by atoms with E-state index in [2.05, 4.69) is 4.98 Å². The number of pyridine rings is 1. The summed E-state index contributed by atoms with van der Waals surface area (Å²) < 4.78 is 5.02. The summed E-state index contributed by atoms with van der Waals surface area (Å²) in [6.07, 6.45) is 4.37. The molecular weight excluding hydrogens is 154 g/mol. The van der Waals surface area contributed by atoms with Gasteiger partial charge < -0.3 is 9.53 Å². The van der Waals surface area contributed by atoms with E-state index in [-0.39, 0.29) is 0 Å². The molecule has 0 bridgehead atoms.